The van der Waals surface area contributed by atoms with Crippen molar-refractivity contribution in [2.24, 2.45) is 0 Å². The van der Waals surface area contributed by atoms with Crippen LogP contribution in [0.25, 0.3) is 0 Å². The lowest BCUT2D eigenvalue weighted by Crippen LogP contribution is -2.39. The molecule has 0 aliphatic heterocycles. The molecular weight excluding hydrogens is 297 g/mol. The van der Waals surface area contributed by atoms with Crippen molar-refractivity contribution in [2.45, 2.75) is 45.2 Å². The number of hydrogen-bond acceptors (Lipinski definition) is 3. The highest BCUT2D eigenvalue weighted by atomic mass is 19.1. The first-order valence-electron chi connectivity index (χ1n) is 7.87. The van der Waals surface area contributed by atoms with Gasteiger partial charge in [0.15, 0.2) is 0 Å². The van der Waals surface area contributed by atoms with Crippen LogP contribution in [0, 0.1) is 5.82 Å². The monoisotopic (exact) mass is 317 g/mol. The number of nitrogens with one attached hydrogen (secondary N) is 2. The lowest BCUT2D eigenvalue weighted by atomic mass is 9.88. The summed E-state index contributed by atoms with van der Waals surface area (Å²) in [5.41, 5.74) is 0.815. The zero-order valence-corrected chi connectivity index (χ0v) is 13.2. The molecule has 1 atom stereocenters. The Bertz CT molecular complexity index is 838. The number of H-pyrrole nitrogens is 1. The molecule has 1 aromatic carbocycles. The number of aryl methyl sites for hydroxylation is 1. The fraction of sp³-hybridized carbons (Fsp3) is 0.412. The maximum absolute atomic E-state index is 14.4. The Morgan fingerprint density at radius 3 is 2.78 bits per heavy atom. The highest BCUT2D eigenvalue weighted by molar-refractivity contribution is 5.42. The van der Waals surface area contributed by atoms with Gasteiger partial charge in [0.05, 0.1) is 6.04 Å². The summed E-state index contributed by atoms with van der Waals surface area (Å²) in [5, 5.41) is 3.01. The van der Waals surface area contributed by atoms with Crippen LogP contribution in [0.2, 0.25) is 0 Å². The summed E-state index contributed by atoms with van der Waals surface area (Å²) in [4.78, 5) is 26.6. The molecule has 0 radical (unpaired) electrons. The molecule has 1 aromatic heterocycles. The molecular formula is C17H20FN3O2. The van der Waals surface area contributed by atoms with Crippen LogP contribution in [0.3, 0.4) is 0 Å². The minimum absolute atomic E-state index is 0.112. The Balaban J connectivity index is 1.99. The summed E-state index contributed by atoms with van der Waals surface area (Å²) in [6.45, 7) is 3.33. The number of anilines is 1. The van der Waals surface area contributed by atoms with Crippen LogP contribution in [0.5, 0.6) is 0 Å². The first-order valence-corrected chi connectivity index (χ1v) is 7.87. The van der Waals surface area contributed by atoms with Crippen LogP contribution in [0.4, 0.5) is 10.2 Å². The third-order valence-electron chi connectivity index (χ3n) is 4.28. The van der Waals surface area contributed by atoms with Gasteiger partial charge in [-0.15, -0.1) is 0 Å². The summed E-state index contributed by atoms with van der Waals surface area (Å²) >= 11 is 0. The Morgan fingerprint density at radius 1 is 1.30 bits per heavy atom. The molecule has 1 aliphatic carbocycles. The van der Waals surface area contributed by atoms with E-state index in [-0.39, 0.29) is 11.9 Å². The topological polar surface area (TPSA) is 66.9 Å². The van der Waals surface area contributed by atoms with E-state index in [9.17, 15) is 14.0 Å². The number of aromatic amines is 1. The highest BCUT2D eigenvalue weighted by Gasteiger charge is 2.23. The van der Waals surface area contributed by atoms with Crippen molar-refractivity contribution >= 4 is 5.82 Å². The van der Waals surface area contributed by atoms with E-state index in [2.05, 4.69) is 16.4 Å². The molecule has 0 amide bonds. The number of fused-ring (bicyclic) bond motifs is 1. The summed E-state index contributed by atoms with van der Waals surface area (Å²) in [5.74, 6) is -1.07. The highest BCUT2D eigenvalue weighted by Crippen LogP contribution is 2.31. The Hall–Kier alpha value is -2.37. The molecule has 23 heavy (non-hydrogen) atoms. The van der Waals surface area contributed by atoms with Gasteiger partial charge in [0.25, 0.3) is 5.56 Å². The quantitative estimate of drug-likeness (QED) is 0.915. The van der Waals surface area contributed by atoms with E-state index in [0.29, 0.717) is 0 Å². The maximum atomic E-state index is 14.4. The molecule has 6 heteroatoms. The van der Waals surface area contributed by atoms with E-state index in [1.54, 1.807) is 13.8 Å². The van der Waals surface area contributed by atoms with Gasteiger partial charge in [-0.1, -0.05) is 24.3 Å². The van der Waals surface area contributed by atoms with Crippen LogP contribution in [-0.4, -0.2) is 9.55 Å². The number of rotatable bonds is 3. The van der Waals surface area contributed by atoms with Crippen molar-refractivity contribution in [3.05, 3.63) is 62.0 Å². The van der Waals surface area contributed by atoms with Crippen molar-refractivity contribution in [1.82, 2.24) is 9.55 Å². The average molecular weight is 317 g/mol. The fourth-order valence-electron chi connectivity index (χ4n) is 3.17. The van der Waals surface area contributed by atoms with Crippen LogP contribution in [0.1, 0.15) is 49.9 Å². The largest absolute Gasteiger partial charge is 0.362 e. The second kappa shape index (κ2) is 6.02. The van der Waals surface area contributed by atoms with Crippen molar-refractivity contribution in [1.29, 1.82) is 0 Å². The number of benzene rings is 1. The molecule has 3 rings (SSSR count). The van der Waals surface area contributed by atoms with Gasteiger partial charge >= 0.3 is 5.69 Å². The predicted molar refractivity (Wildman–Crippen MR) is 87.4 cm³/mol. The van der Waals surface area contributed by atoms with Gasteiger partial charge in [-0.25, -0.2) is 4.79 Å². The van der Waals surface area contributed by atoms with E-state index in [0.717, 1.165) is 29.4 Å². The Kier molecular flexibility index (Phi) is 4.07. The molecule has 0 saturated carbocycles. The zero-order valence-electron chi connectivity index (χ0n) is 13.2. The zero-order chi connectivity index (χ0) is 16.6. The summed E-state index contributed by atoms with van der Waals surface area (Å²) in [6.07, 6.45) is 2.79. The minimum Gasteiger partial charge on any atom is -0.362 e. The van der Waals surface area contributed by atoms with Crippen molar-refractivity contribution in [2.75, 3.05) is 5.32 Å². The smallest absolute Gasteiger partial charge is 0.330 e. The molecule has 1 heterocycles. The lowest BCUT2D eigenvalue weighted by Gasteiger charge is -2.27. The number of halogens is 1. The van der Waals surface area contributed by atoms with Crippen LogP contribution in [0.15, 0.2) is 33.9 Å². The van der Waals surface area contributed by atoms with Gasteiger partial charge in [0, 0.05) is 6.04 Å². The van der Waals surface area contributed by atoms with Crippen molar-refractivity contribution in [3.8, 4) is 0 Å². The van der Waals surface area contributed by atoms with Crippen LogP contribution >= 0.6 is 0 Å². The van der Waals surface area contributed by atoms with Gasteiger partial charge < -0.3 is 5.32 Å². The minimum atomic E-state index is -0.943. The maximum Gasteiger partial charge on any atom is 0.330 e. The van der Waals surface area contributed by atoms with Crippen molar-refractivity contribution in [3.63, 3.8) is 0 Å². The average Bonchev–Trinajstić information content (AvgIpc) is 2.52. The fourth-order valence-corrected chi connectivity index (χ4v) is 3.17. The van der Waals surface area contributed by atoms with Crippen LogP contribution < -0.4 is 16.6 Å². The normalized spacial score (nSPS) is 17.1. The van der Waals surface area contributed by atoms with E-state index in [1.165, 1.54) is 5.56 Å². The second-order valence-electron chi connectivity index (χ2n) is 6.18. The van der Waals surface area contributed by atoms with E-state index in [1.807, 2.05) is 18.2 Å². The standard InChI is InChI=1S/C17H20FN3O2/c1-10(2)21-16(22)14(18)15(20-17(21)23)19-13-9-5-7-11-6-3-4-8-12(11)13/h3-4,6,8,10,13,19H,5,7,9H2,1-2H3,(H,20,23)/t13-/m0/s1. The van der Waals surface area contributed by atoms with E-state index in [4.69, 9.17) is 0 Å². The van der Waals surface area contributed by atoms with E-state index >= 15 is 0 Å². The molecule has 122 valence electrons. The molecule has 0 fully saturated rings. The van der Waals surface area contributed by atoms with Gasteiger partial charge in [-0.05, 0) is 44.2 Å². The van der Waals surface area contributed by atoms with Crippen LogP contribution in [-0.2, 0) is 6.42 Å². The van der Waals surface area contributed by atoms with Gasteiger partial charge in [-0.3, -0.25) is 14.3 Å². The summed E-state index contributed by atoms with van der Waals surface area (Å²) < 4.78 is 15.3. The van der Waals surface area contributed by atoms with Crippen molar-refractivity contribution < 1.29 is 4.39 Å². The first kappa shape index (κ1) is 15.5. The summed E-state index contributed by atoms with van der Waals surface area (Å²) in [7, 11) is 0. The predicted octanol–water partition coefficient (Wildman–Crippen LogP) is 2.75. The van der Waals surface area contributed by atoms with Gasteiger partial charge in [0.2, 0.25) is 5.82 Å². The molecule has 0 saturated heterocycles. The molecule has 1 aliphatic rings. The first-order chi connectivity index (χ1) is 11.0. The second-order valence-corrected chi connectivity index (χ2v) is 6.18. The SMILES string of the molecule is CC(C)n1c(=O)[nH]c(N[C@H]2CCCc3ccccc32)c(F)c1=O. The lowest BCUT2D eigenvalue weighted by molar-refractivity contribution is 0.496. The van der Waals surface area contributed by atoms with Gasteiger partial charge in [-0.2, -0.15) is 4.39 Å². The number of aromatic nitrogens is 2. The number of nitrogens with zero attached hydrogens (tertiary/aromatic N) is 1. The Morgan fingerprint density at radius 2 is 2.04 bits per heavy atom. The molecule has 2 aromatic rings. The number of hydrogen-bond donors (Lipinski definition) is 2. The van der Waals surface area contributed by atoms with E-state index < -0.39 is 23.1 Å². The molecule has 0 unspecified atom stereocenters. The molecule has 2 N–H and O–H groups in total. The molecule has 0 spiro atoms. The summed E-state index contributed by atoms with van der Waals surface area (Å²) in [6, 6.07) is 7.46. The molecule has 5 nitrogen and oxygen atoms in total. The third kappa shape index (κ3) is 2.81. The third-order valence-corrected chi connectivity index (χ3v) is 4.28. The van der Waals surface area contributed by atoms with Gasteiger partial charge in [0.1, 0.15) is 5.82 Å². The molecule has 0 bridgehead atoms. The Labute approximate surface area is 133 Å².